The molecule has 3 rings (SSSR count). The van der Waals surface area contributed by atoms with Crippen molar-refractivity contribution >= 4 is 60.7 Å². The molecule has 0 amide bonds. The van der Waals surface area contributed by atoms with Crippen LogP contribution in [0.5, 0.6) is 0 Å². The summed E-state index contributed by atoms with van der Waals surface area (Å²) in [6.45, 7) is 0. The first-order valence-corrected chi connectivity index (χ1v) is 8.27. The number of benzene rings is 2. The fourth-order valence-electron chi connectivity index (χ4n) is 1.83. The van der Waals surface area contributed by atoms with Gasteiger partial charge in [0.15, 0.2) is 0 Å². The van der Waals surface area contributed by atoms with Gasteiger partial charge in [-0.3, -0.25) is 0 Å². The SMILES string of the molecule is Clc1ccc(-c2nc3ccc(CBr)cc3s2)c(Cl)c1. The van der Waals surface area contributed by atoms with Crippen LogP contribution < -0.4 is 0 Å². The van der Waals surface area contributed by atoms with Gasteiger partial charge in [-0.1, -0.05) is 45.2 Å². The Kier molecular flexibility index (Phi) is 3.81. The number of hydrogen-bond acceptors (Lipinski definition) is 2. The van der Waals surface area contributed by atoms with Gasteiger partial charge in [0.2, 0.25) is 0 Å². The van der Waals surface area contributed by atoms with E-state index in [9.17, 15) is 0 Å². The van der Waals surface area contributed by atoms with Crippen LogP contribution in [-0.4, -0.2) is 4.98 Å². The van der Waals surface area contributed by atoms with E-state index in [0.717, 1.165) is 26.1 Å². The van der Waals surface area contributed by atoms with Crippen molar-refractivity contribution in [1.29, 1.82) is 0 Å². The molecule has 0 spiro atoms. The summed E-state index contributed by atoms with van der Waals surface area (Å²) in [5.41, 5.74) is 3.16. The van der Waals surface area contributed by atoms with E-state index >= 15 is 0 Å². The molecule has 0 saturated heterocycles. The lowest BCUT2D eigenvalue weighted by Gasteiger charge is -1.99. The molecule has 5 heteroatoms. The van der Waals surface area contributed by atoms with E-state index in [2.05, 4.69) is 33.0 Å². The van der Waals surface area contributed by atoms with E-state index in [1.54, 1.807) is 17.4 Å². The first-order valence-electron chi connectivity index (χ1n) is 5.58. The summed E-state index contributed by atoms with van der Waals surface area (Å²) in [7, 11) is 0. The predicted octanol–water partition coefficient (Wildman–Crippen LogP) is 6.17. The van der Waals surface area contributed by atoms with Gasteiger partial charge in [0, 0.05) is 15.9 Å². The second-order valence-electron chi connectivity index (χ2n) is 4.08. The summed E-state index contributed by atoms with van der Waals surface area (Å²) in [4.78, 5) is 4.62. The third-order valence-electron chi connectivity index (χ3n) is 2.77. The normalized spacial score (nSPS) is 11.1. The second kappa shape index (κ2) is 5.41. The molecule has 1 aromatic heterocycles. The topological polar surface area (TPSA) is 12.9 Å². The molecule has 96 valence electrons. The number of rotatable bonds is 2. The summed E-state index contributed by atoms with van der Waals surface area (Å²) >= 11 is 17.2. The Hall–Kier alpha value is -0.610. The van der Waals surface area contributed by atoms with Crippen molar-refractivity contribution in [2.24, 2.45) is 0 Å². The molecule has 0 radical (unpaired) electrons. The lowest BCUT2D eigenvalue weighted by atomic mass is 10.2. The number of thiazole rings is 1. The van der Waals surface area contributed by atoms with Crippen LogP contribution in [0.3, 0.4) is 0 Å². The molecule has 0 saturated carbocycles. The van der Waals surface area contributed by atoms with E-state index in [4.69, 9.17) is 23.2 Å². The Balaban J connectivity index is 2.14. The highest BCUT2D eigenvalue weighted by molar-refractivity contribution is 9.08. The van der Waals surface area contributed by atoms with Crippen LogP contribution >= 0.6 is 50.5 Å². The quantitative estimate of drug-likeness (QED) is 0.490. The number of aromatic nitrogens is 1. The van der Waals surface area contributed by atoms with Crippen LogP contribution in [-0.2, 0) is 5.33 Å². The van der Waals surface area contributed by atoms with Crippen molar-refractivity contribution in [2.45, 2.75) is 5.33 Å². The maximum atomic E-state index is 6.22. The predicted molar refractivity (Wildman–Crippen MR) is 87.7 cm³/mol. The summed E-state index contributed by atoms with van der Waals surface area (Å²) < 4.78 is 1.16. The van der Waals surface area contributed by atoms with Gasteiger partial charge in [0.25, 0.3) is 0 Å². The Labute approximate surface area is 133 Å². The molecular formula is C14H8BrCl2NS. The number of fused-ring (bicyclic) bond motifs is 1. The molecule has 0 unspecified atom stereocenters. The van der Waals surface area contributed by atoms with Gasteiger partial charge in [-0.25, -0.2) is 4.98 Å². The minimum atomic E-state index is 0.632. The van der Waals surface area contributed by atoms with E-state index in [1.165, 1.54) is 5.56 Å². The summed E-state index contributed by atoms with van der Waals surface area (Å²) in [6.07, 6.45) is 0. The fourth-order valence-corrected chi connectivity index (χ4v) is 3.80. The number of halogens is 3. The van der Waals surface area contributed by atoms with Crippen molar-refractivity contribution in [1.82, 2.24) is 4.98 Å². The van der Waals surface area contributed by atoms with Gasteiger partial charge < -0.3 is 0 Å². The van der Waals surface area contributed by atoms with Crippen LogP contribution in [0.2, 0.25) is 10.0 Å². The number of nitrogens with zero attached hydrogens (tertiary/aromatic N) is 1. The molecule has 0 aliphatic rings. The van der Waals surface area contributed by atoms with Crippen LogP contribution in [0, 0.1) is 0 Å². The monoisotopic (exact) mass is 371 g/mol. The third-order valence-corrected chi connectivity index (χ3v) is 5.02. The average Bonchev–Trinajstić information content (AvgIpc) is 2.80. The van der Waals surface area contributed by atoms with E-state index < -0.39 is 0 Å². The van der Waals surface area contributed by atoms with Crippen LogP contribution in [0.15, 0.2) is 36.4 Å². The van der Waals surface area contributed by atoms with E-state index in [1.807, 2.05) is 18.2 Å². The van der Waals surface area contributed by atoms with Crippen molar-refractivity contribution in [3.63, 3.8) is 0 Å². The van der Waals surface area contributed by atoms with Gasteiger partial charge in [-0.05, 0) is 35.9 Å². The lowest BCUT2D eigenvalue weighted by molar-refractivity contribution is 1.44. The Morgan fingerprint density at radius 3 is 2.68 bits per heavy atom. The van der Waals surface area contributed by atoms with Gasteiger partial charge in [-0.15, -0.1) is 11.3 Å². The molecule has 0 aliphatic carbocycles. The third kappa shape index (κ3) is 2.65. The molecule has 1 heterocycles. The minimum absolute atomic E-state index is 0.632. The summed E-state index contributed by atoms with van der Waals surface area (Å²) in [5.74, 6) is 0. The zero-order valence-electron chi connectivity index (χ0n) is 9.66. The molecule has 0 aliphatic heterocycles. The van der Waals surface area contributed by atoms with E-state index in [0.29, 0.717) is 10.0 Å². The van der Waals surface area contributed by atoms with Gasteiger partial charge in [0.1, 0.15) is 5.01 Å². The Morgan fingerprint density at radius 2 is 1.95 bits per heavy atom. The van der Waals surface area contributed by atoms with Crippen molar-refractivity contribution in [3.8, 4) is 10.6 Å². The fraction of sp³-hybridized carbons (Fsp3) is 0.0714. The van der Waals surface area contributed by atoms with E-state index in [-0.39, 0.29) is 0 Å². The smallest absolute Gasteiger partial charge is 0.126 e. The molecule has 2 aromatic carbocycles. The first kappa shape index (κ1) is 13.4. The highest BCUT2D eigenvalue weighted by Crippen LogP contribution is 2.35. The molecule has 1 nitrogen and oxygen atoms in total. The van der Waals surface area contributed by atoms with Crippen LogP contribution in [0.1, 0.15) is 5.56 Å². The summed E-state index contributed by atoms with van der Waals surface area (Å²) in [5, 5.41) is 3.03. The molecule has 0 fully saturated rings. The van der Waals surface area contributed by atoms with Crippen molar-refractivity contribution in [3.05, 3.63) is 52.0 Å². The number of hydrogen-bond donors (Lipinski definition) is 0. The van der Waals surface area contributed by atoms with Gasteiger partial charge in [0.05, 0.1) is 15.2 Å². The van der Waals surface area contributed by atoms with Crippen molar-refractivity contribution < 1.29 is 0 Å². The standard InChI is InChI=1S/C14H8BrCl2NS/c15-7-8-1-4-12-13(5-8)19-14(18-12)10-3-2-9(16)6-11(10)17/h1-6H,7H2. The average molecular weight is 373 g/mol. The highest BCUT2D eigenvalue weighted by atomic mass is 79.9. The Morgan fingerprint density at radius 1 is 1.11 bits per heavy atom. The van der Waals surface area contributed by atoms with Gasteiger partial charge >= 0.3 is 0 Å². The maximum absolute atomic E-state index is 6.22. The second-order valence-corrected chi connectivity index (χ2v) is 6.51. The lowest BCUT2D eigenvalue weighted by Crippen LogP contribution is -1.78. The Bertz CT molecular complexity index is 754. The zero-order chi connectivity index (χ0) is 13.4. The molecular weight excluding hydrogens is 365 g/mol. The zero-order valence-corrected chi connectivity index (χ0v) is 13.6. The van der Waals surface area contributed by atoms with Crippen molar-refractivity contribution in [2.75, 3.05) is 0 Å². The maximum Gasteiger partial charge on any atom is 0.126 e. The molecule has 0 bridgehead atoms. The summed E-state index contributed by atoms with van der Waals surface area (Å²) in [6, 6.07) is 11.7. The molecule has 19 heavy (non-hydrogen) atoms. The molecule has 0 N–H and O–H groups in total. The largest absolute Gasteiger partial charge is 0.236 e. The number of alkyl halides is 1. The minimum Gasteiger partial charge on any atom is -0.236 e. The highest BCUT2D eigenvalue weighted by Gasteiger charge is 2.10. The first-order chi connectivity index (χ1) is 9.17. The van der Waals surface area contributed by atoms with Crippen LogP contribution in [0.4, 0.5) is 0 Å². The van der Waals surface area contributed by atoms with Gasteiger partial charge in [-0.2, -0.15) is 0 Å². The molecule has 0 atom stereocenters. The van der Waals surface area contributed by atoms with Crippen LogP contribution in [0.25, 0.3) is 20.8 Å². The molecule has 3 aromatic rings.